The van der Waals surface area contributed by atoms with Gasteiger partial charge in [-0.3, -0.25) is 0 Å². The number of hydrogen-bond donors (Lipinski definition) is 1. The first-order valence-electron chi connectivity index (χ1n) is 6.44. The van der Waals surface area contributed by atoms with Gasteiger partial charge in [-0.15, -0.1) is 0 Å². The van der Waals surface area contributed by atoms with E-state index in [0.29, 0.717) is 11.7 Å². The van der Waals surface area contributed by atoms with E-state index in [1.165, 1.54) is 11.1 Å². The lowest BCUT2D eigenvalue weighted by Crippen LogP contribution is -2.07. The Morgan fingerprint density at radius 2 is 2.30 bits per heavy atom. The van der Waals surface area contributed by atoms with Gasteiger partial charge in [-0.1, -0.05) is 29.4 Å². The van der Waals surface area contributed by atoms with Crippen LogP contribution in [-0.4, -0.2) is 27.8 Å². The second-order valence-electron chi connectivity index (χ2n) is 4.72. The maximum Gasteiger partial charge on any atom is 0.329 e. The maximum absolute atomic E-state index is 10.3. The number of carbonyl (C=O) groups is 1. The zero-order valence-corrected chi connectivity index (χ0v) is 10.8. The summed E-state index contributed by atoms with van der Waals surface area (Å²) in [6.45, 7) is -0.350. The number of hydrogen-bond acceptors (Lipinski definition) is 5. The minimum atomic E-state index is -1.02. The second kappa shape index (κ2) is 5.42. The summed E-state index contributed by atoms with van der Waals surface area (Å²) in [5, 5.41) is 12.5. The smallest absolute Gasteiger partial charge is 0.329 e. The number of nitrogens with zero attached hydrogens (tertiary/aromatic N) is 2. The highest BCUT2D eigenvalue weighted by Gasteiger charge is 2.27. The van der Waals surface area contributed by atoms with Crippen molar-refractivity contribution < 1.29 is 19.2 Å². The molecule has 0 bridgehead atoms. The van der Waals surface area contributed by atoms with Crippen LogP contribution < -0.4 is 0 Å². The number of fused-ring (bicyclic) bond motifs is 1. The van der Waals surface area contributed by atoms with Gasteiger partial charge in [0.05, 0.1) is 0 Å². The quantitative estimate of drug-likeness (QED) is 0.894. The Morgan fingerprint density at radius 3 is 3.15 bits per heavy atom. The molecular weight excluding hydrogens is 260 g/mol. The molecule has 1 aliphatic carbocycles. The molecule has 6 heteroatoms. The molecule has 2 aromatic rings. The van der Waals surface area contributed by atoms with Crippen molar-refractivity contribution in [1.82, 2.24) is 10.1 Å². The SMILES string of the molecule is O=C(O)COCc1nc(C2CCc3ccccc32)no1. The average Bonchev–Trinajstić information content (AvgIpc) is 3.04. The molecule has 104 valence electrons. The standard InChI is InChI=1S/C14H14N2O4/c17-13(18)8-19-7-12-15-14(16-20-12)11-6-5-9-3-1-2-4-10(9)11/h1-4,11H,5-8H2,(H,17,18). The predicted octanol–water partition coefficient (Wildman–Crippen LogP) is 1.75. The summed E-state index contributed by atoms with van der Waals surface area (Å²) in [6.07, 6.45) is 1.98. The molecule has 0 saturated heterocycles. The fourth-order valence-corrected chi connectivity index (χ4v) is 2.52. The average molecular weight is 274 g/mol. The van der Waals surface area contributed by atoms with Gasteiger partial charge in [0, 0.05) is 5.92 Å². The summed E-state index contributed by atoms with van der Waals surface area (Å²) < 4.78 is 10.0. The van der Waals surface area contributed by atoms with Crippen molar-refractivity contribution in [1.29, 1.82) is 0 Å². The minimum Gasteiger partial charge on any atom is -0.480 e. The highest BCUT2D eigenvalue weighted by Crippen LogP contribution is 2.36. The third-order valence-electron chi connectivity index (χ3n) is 3.38. The molecular formula is C14H14N2O4. The third kappa shape index (κ3) is 2.55. The molecule has 1 aromatic carbocycles. The van der Waals surface area contributed by atoms with E-state index in [9.17, 15) is 4.79 Å². The van der Waals surface area contributed by atoms with Crippen molar-refractivity contribution in [3.8, 4) is 0 Å². The van der Waals surface area contributed by atoms with Crippen molar-refractivity contribution in [2.45, 2.75) is 25.4 Å². The number of ether oxygens (including phenoxy) is 1. The van der Waals surface area contributed by atoms with E-state index >= 15 is 0 Å². The van der Waals surface area contributed by atoms with Gasteiger partial charge in [0.1, 0.15) is 13.2 Å². The maximum atomic E-state index is 10.3. The molecule has 6 nitrogen and oxygen atoms in total. The fourth-order valence-electron chi connectivity index (χ4n) is 2.52. The molecule has 1 heterocycles. The van der Waals surface area contributed by atoms with Crippen LogP contribution in [0.3, 0.4) is 0 Å². The topological polar surface area (TPSA) is 85.5 Å². The summed E-state index contributed by atoms with van der Waals surface area (Å²) in [4.78, 5) is 14.6. The van der Waals surface area contributed by atoms with Gasteiger partial charge in [-0.25, -0.2) is 4.79 Å². The zero-order chi connectivity index (χ0) is 13.9. The number of rotatable bonds is 5. The molecule has 0 saturated carbocycles. The van der Waals surface area contributed by atoms with Crippen molar-refractivity contribution in [3.63, 3.8) is 0 Å². The molecule has 1 N–H and O–H groups in total. The van der Waals surface area contributed by atoms with Gasteiger partial charge in [0.25, 0.3) is 5.89 Å². The van der Waals surface area contributed by atoms with Crippen molar-refractivity contribution in [3.05, 3.63) is 47.1 Å². The van der Waals surface area contributed by atoms with Gasteiger partial charge >= 0.3 is 5.97 Å². The van der Waals surface area contributed by atoms with E-state index < -0.39 is 5.97 Å². The summed E-state index contributed by atoms with van der Waals surface area (Å²) in [7, 11) is 0. The molecule has 0 amide bonds. The Labute approximate surface area is 115 Å². The normalized spacial score (nSPS) is 17.1. The van der Waals surface area contributed by atoms with Crippen molar-refractivity contribution in [2.75, 3.05) is 6.61 Å². The van der Waals surface area contributed by atoms with Gasteiger partial charge < -0.3 is 14.4 Å². The van der Waals surface area contributed by atoms with Gasteiger partial charge in [0.2, 0.25) is 0 Å². The number of carboxylic acids is 1. The lowest BCUT2D eigenvalue weighted by Gasteiger charge is -2.05. The first-order chi connectivity index (χ1) is 9.74. The summed E-state index contributed by atoms with van der Waals surface area (Å²) in [5.41, 5.74) is 2.57. The Kier molecular flexibility index (Phi) is 3.47. The minimum absolute atomic E-state index is 0.0215. The molecule has 1 aliphatic rings. The number of aryl methyl sites for hydroxylation is 1. The molecule has 0 aliphatic heterocycles. The summed E-state index contributed by atoms with van der Waals surface area (Å²) in [5.74, 6) is 0.0899. The largest absolute Gasteiger partial charge is 0.480 e. The number of benzene rings is 1. The molecule has 0 radical (unpaired) electrons. The predicted molar refractivity (Wildman–Crippen MR) is 68.2 cm³/mol. The second-order valence-corrected chi connectivity index (χ2v) is 4.72. The lowest BCUT2D eigenvalue weighted by molar-refractivity contribution is -0.142. The van der Waals surface area contributed by atoms with E-state index in [4.69, 9.17) is 14.4 Å². The molecule has 3 rings (SSSR count). The van der Waals surface area contributed by atoms with E-state index in [-0.39, 0.29) is 19.1 Å². The highest BCUT2D eigenvalue weighted by atomic mass is 16.5. The Bertz CT molecular complexity index is 623. The highest BCUT2D eigenvalue weighted by molar-refractivity contribution is 5.67. The first-order valence-corrected chi connectivity index (χ1v) is 6.44. The Balaban J connectivity index is 1.70. The summed E-state index contributed by atoms with van der Waals surface area (Å²) in [6, 6.07) is 8.24. The molecule has 0 spiro atoms. The molecule has 0 fully saturated rings. The molecule has 1 unspecified atom stereocenters. The number of aliphatic carboxylic acids is 1. The monoisotopic (exact) mass is 274 g/mol. The Hall–Kier alpha value is -2.21. The number of aromatic nitrogens is 2. The molecule has 1 aromatic heterocycles. The van der Waals surface area contributed by atoms with E-state index in [1.54, 1.807) is 0 Å². The van der Waals surface area contributed by atoms with Crippen molar-refractivity contribution in [2.24, 2.45) is 0 Å². The van der Waals surface area contributed by atoms with Crippen LogP contribution in [0.25, 0.3) is 0 Å². The molecule has 20 heavy (non-hydrogen) atoms. The van der Waals surface area contributed by atoms with Gasteiger partial charge in [-0.2, -0.15) is 4.98 Å². The summed E-state index contributed by atoms with van der Waals surface area (Å²) >= 11 is 0. The Morgan fingerprint density at radius 1 is 1.45 bits per heavy atom. The van der Waals surface area contributed by atoms with Crippen molar-refractivity contribution >= 4 is 5.97 Å². The fraction of sp³-hybridized carbons (Fsp3) is 0.357. The van der Waals surface area contributed by atoms with Gasteiger partial charge in [-0.05, 0) is 24.0 Å². The number of carboxylic acid groups (broad SMARTS) is 1. The molecule has 1 atom stereocenters. The van der Waals surface area contributed by atoms with Crippen LogP contribution in [0.2, 0.25) is 0 Å². The van der Waals surface area contributed by atoms with Crippen LogP contribution in [-0.2, 0) is 22.6 Å². The van der Waals surface area contributed by atoms with Crippen LogP contribution in [0.1, 0.15) is 35.2 Å². The van der Waals surface area contributed by atoms with Crippen LogP contribution in [0.15, 0.2) is 28.8 Å². The van der Waals surface area contributed by atoms with Crippen LogP contribution in [0.5, 0.6) is 0 Å². The zero-order valence-electron chi connectivity index (χ0n) is 10.8. The first kappa shape index (κ1) is 12.8. The third-order valence-corrected chi connectivity index (χ3v) is 3.38. The van der Waals surface area contributed by atoms with E-state index in [0.717, 1.165) is 12.8 Å². The van der Waals surface area contributed by atoms with E-state index in [1.807, 2.05) is 12.1 Å². The van der Waals surface area contributed by atoms with Crippen LogP contribution >= 0.6 is 0 Å². The van der Waals surface area contributed by atoms with Crippen LogP contribution in [0.4, 0.5) is 0 Å². The van der Waals surface area contributed by atoms with Gasteiger partial charge in [0.15, 0.2) is 5.82 Å². The van der Waals surface area contributed by atoms with E-state index in [2.05, 4.69) is 22.3 Å². The van der Waals surface area contributed by atoms with Crippen LogP contribution in [0, 0.1) is 0 Å². The lowest BCUT2D eigenvalue weighted by atomic mass is 10.0.